The molecule has 23 heavy (non-hydrogen) atoms. The van der Waals surface area contributed by atoms with Gasteiger partial charge in [-0.15, -0.1) is 0 Å². The Kier molecular flexibility index (Phi) is 5.22. The van der Waals surface area contributed by atoms with Gasteiger partial charge in [0.15, 0.2) is 5.65 Å². The molecule has 7 heteroatoms. The third kappa shape index (κ3) is 3.53. The molecule has 0 radical (unpaired) electrons. The largest absolute Gasteiger partial charge is 0.385 e. The molecule has 1 N–H and O–H groups in total. The van der Waals surface area contributed by atoms with Crippen LogP contribution in [-0.4, -0.2) is 64.6 Å². The maximum absolute atomic E-state index is 10.6. The number of imidazole rings is 1. The Morgan fingerprint density at radius 2 is 2.26 bits per heavy atom. The molecular weight excluding hydrogens is 296 g/mol. The van der Waals surface area contributed by atoms with E-state index in [4.69, 9.17) is 9.47 Å². The Hall–Kier alpha value is -1.54. The van der Waals surface area contributed by atoms with E-state index in [1.165, 1.54) is 0 Å². The van der Waals surface area contributed by atoms with E-state index in [9.17, 15) is 5.11 Å². The van der Waals surface area contributed by atoms with Crippen LogP contribution in [0.15, 0.2) is 18.6 Å². The molecule has 1 aliphatic heterocycles. The number of hydrogen-bond acceptors (Lipinski definition) is 6. The first-order chi connectivity index (χ1) is 11.2. The normalized spacial score (nSPS) is 20.4. The van der Waals surface area contributed by atoms with Gasteiger partial charge in [0.05, 0.1) is 12.4 Å². The zero-order chi connectivity index (χ0) is 16.2. The third-order valence-electron chi connectivity index (χ3n) is 4.38. The molecule has 2 atom stereocenters. The number of likely N-dealkylation sites (tertiary alicyclic amines) is 1. The molecule has 1 aliphatic rings. The number of nitrogens with zero attached hydrogens (tertiary/aromatic N) is 4. The van der Waals surface area contributed by atoms with E-state index in [-0.39, 0.29) is 6.10 Å². The number of rotatable bonds is 7. The highest BCUT2D eigenvalue weighted by atomic mass is 16.5. The average Bonchev–Trinajstić information content (AvgIpc) is 3.21. The van der Waals surface area contributed by atoms with Gasteiger partial charge in [-0.1, -0.05) is 0 Å². The summed E-state index contributed by atoms with van der Waals surface area (Å²) in [6, 6.07) is 1.92. The van der Waals surface area contributed by atoms with E-state index in [0.717, 1.165) is 49.2 Å². The van der Waals surface area contributed by atoms with Gasteiger partial charge in [0.2, 0.25) is 0 Å². The standard InChI is InChI=1S/C16H24N4O3/c1-22-7-3-5-20-11-18-14-8-12(9-17-15(14)20)16(21)19-6-4-13(10-19)23-2/h8-9,11,13,16,21H,3-7,10H2,1-2H3/t13-,16?/m0/s1. The smallest absolute Gasteiger partial charge is 0.159 e. The van der Waals surface area contributed by atoms with Gasteiger partial charge in [0.25, 0.3) is 0 Å². The second-order valence-electron chi connectivity index (χ2n) is 5.91. The van der Waals surface area contributed by atoms with Gasteiger partial charge in [0.1, 0.15) is 11.7 Å². The van der Waals surface area contributed by atoms with Crippen molar-refractivity contribution in [1.29, 1.82) is 0 Å². The minimum absolute atomic E-state index is 0.196. The molecule has 3 heterocycles. The molecule has 0 saturated carbocycles. The number of aryl methyl sites for hydroxylation is 1. The van der Waals surface area contributed by atoms with Gasteiger partial charge in [0, 0.05) is 52.2 Å². The first-order valence-corrected chi connectivity index (χ1v) is 7.97. The summed E-state index contributed by atoms with van der Waals surface area (Å²) < 4.78 is 12.4. The topological polar surface area (TPSA) is 72.6 Å². The molecule has 126 valence electrons. The van der Waals surface area contributed by atoms with Crippen molar-refractivity contribution in [2.24, 2.45) is 0 Å². The molecule has 0 spiro atoms. The Bertz CT molecular complexity index is 645. The van der Waals surface area contributed by atoms with Crippen LogP contribution in [0, 0.1) is 0 Å². The lowest BCUT2D eigenvalue weighted by atomic mass is 10.2. The molecule has 1 saturated heterocycles. The fourth-order valence-corrected chi connectivity index (χ4v) is 3.03. The number of hydrogen-bond donors (Lipinski definition) is 1. The number of aromatic nitrogens is 3. The van der Waals surface area contributed by atoms with Crippen LogP contribution in [0.3, 0.4) is 0 Å². The number of aliphatic hydroxyl groups is 1. The van der Waals surface area contributed by atoms with Crippen LogP contribution in [0.25, 0.3) is 11.2 Å². The molecule has 2 aromatic heterocycles. The van der Waals surface area contributed by atoms with E-state index in [1.807, 2.05) is 15.5 Å². The predicted molar refractivity (Wildman–Crippen MR) is 86.0 cm³/mol. The van der Waals surface area contributed by atoms with E-state index >= 15 is 0 Å². The Morgan fingerprint density at radius 1 is 1.39 bits per heavy atom. The molecule has 0 aromatic carbocycles. The lowest BCUT2D eigenvalue weighted by Crippen LogP contribution is -2.27. The van der Waals surface area contributed by atoms with Crippen molar-refractivity contribution >= 4 is 11.2 Å². The van der Waals surface area contributed by atoms with Crippen LogP contribution in [0.1, 0.15) is 24.6 Å². The Balaban J connectivity index is 1.73. The van der Waals surface area contributed by atoms with Gasteiger partial charge in [-0.2, -0.15) is 0 Å². The van der Waals surface area contributed by atoms with E-state index < -0.39 is 6.23 Å². The molecule has 1 fully saturated rings. The molecule has 2 aromatic rings. The summed E-state index contributed by atoms with van der Waals surface area (Å²) in [4.78, 5) is 10.9. The maximum Gasteiger partial charge on any atom is 0.159 e. The predicted octanol–water partition coefficient (Wildman–Crippen LogP) is 1.18. The number of ether oxygens (including phenoxy) is 2. The lowest BCUT2D eigenvalue weighted by Gasteiger charge is -2.22. The summed E-state index contributed by atoms with van der Waals surface area (Å²) in [7, 11) is 3.41. The molecule has 7 nitrogen and oxygen atoms in total. The van der Waals surface area contributed by atoms with Gasteiger partial charge >= 0.3 is 0 Å². The minimum atomic E-state index is -0.661. The lowest BCUT2D eigenvalue weighted by molar-refractivity contribution is 0.00542. The van der Waals surface area contributed by atoms with Crippen molar-refractivity contribution < 1.29 is 14.6 Å². The second kappa shape index (κ2) is 7.35. The Morgan fingerprint density at radius 3 is 3.00 bits per heavy atom. The highest BCUT2D eigenvalue weighted by molar-refractivity contribution is 5.71. The van der Waals surface area contributed by atoms with Crippen molar-refractivity contribution in [3.8, 4) is 0 Å². The Labute approximate surface area is 135 Å². The first-order valence-electron chi connectivity index (χ1n) is 7.97. The van der Waals surface area contributed by atoms with E-state index in [0.29, 0.717) is 6.61 Å². The van der Waals surface area contributed by atoms with Gasteiger partial charge in [-0.25, -0.2) is 9.97 Å². The zero-order valence-electron chi connectivity index (χ0n) is 13.7. The van der Waals surface area contributed by atoms with Gasteiger partial charge in [-0.3, -0.25) is 4.90 Å². The van der Waals surface area contributed by atoms with Crippen molar-refractivity contribution in [2.45, 2.75) is 31.7 Å². The summed E-state index contributed by atoms with van der Waals surface area (Å²) in [6.45, 7) is 3.09. The molecule has 0 amide bonds. The molecule has 0 bridgehead atoms. The maximum atomic E-state index is 10.6. The summed E-state index contributed by atoms with van der Waals surface area (Å²) in [5.41, 5.74) is 2.42. The number of methoxy groups -OCH3 is 2. The summed E-state index contributed by atoms with van der Waals surface area (Å²) in [6.07, 6.45) is 4.92. The minimum Gasteiger partial charge on any atom is -0.385 e. The molecule has 1 unspecified atom stereocenters. The summed E-state index contributed by atoms with van der Waals surface area (Å²) >= 11 is 0. The van der Waals surface area contributed by atoms with Gasteiger partial charge in [-0.05, 0) is 18.9 Å². The average molecular weight is 320 g/mol. The van der Waals surface area contributed by atoms with Crippen molar-refractivity contribution in [2.75, 3.05) is 33.9 Å². The van der Waals surface area contributed by atoms with Crippen LogP contribution in [0.4, 0.5) is 0 Å². The van der Waals surface area contributed by atoms with Crippen LogP contribution in [0.5, 0.6) is 0 Å². The quantitative estimate of drug-likeness (QED) is 0.772. The van der Waals surface area contributed by atoms with E-state index in [2.05, 4.69) is 9.97 Å². The molecule has 0 aliphatic carbocycles. The second-order valence-corrected chi connectivity index (χ2v) is 5.91. The van der Waals surface area contributed by atoms with Crippen molar-refractivity contribution in [3.63, 3.8) is 0 Å². The molecule has 3 rings (SSSR count). The highest BCUT2D eigenvalue weighted by Crippen LogP contribution is 2.25. The number of fused-ring (bicyclic) bond motifs is 1. The number of pyridine rings is 1. The van der Waals surface area contributed by atoms with Crippen LogP contribution >= 0.6 is 0 Å². The number of aliphatic hydroxyl groups excluding tert-OH is 1. The fraction of sp³-hybridized carbons (Fsp3) is 0.625. The fourth-order valence-electron chi connectivity index (χ4n) is 3.03. The first kappa shape index (κ1) is 16.3. The van der Waals surface area contributed by atoms with Crippen molar-refractivity contribution in [3.05, 3.63) is 24.2 Å². The van der Waals surface area contributed by atoms with Crippen LogP contribution in [0.2, 0.25) is 0 Å². The van der Waals surface area contributed by atoms with Gasteiger partial charge < -0.3 is 19.1 Å². The monoisotopic (exact) mass is 320 g/mol. The summed E-state index contributed by atoms with van der Waals surface area (Å²) in [5.74, 6) is 0. The van der Waals surface area contributed by atoms with Crippen LogP contribution < -0.4 is 0 Å². The highest BCUT2D eigenvalue weighted by Gasteiger charge is 2.28. The van der Waals surface area contributed by atoms with Crippen molar-refractivity contribution in [1.82, 2.24) is 19.4 Å². The molecular formula is C16H24N4O3. The third-order valence-corrected chi connectivity index (χ3v) is 4.38. The summed E-state index contributed by atoms with van der Waals surface area (Å²) in [5, 5.41) is 10.6. The SMILES string of the molecule is COCCCn1cnc2cc(C(O)N3CC[C@H](OC)C3)cnc21. The zero-order valence-corrected chi connectivity index (χ0v) is 13.7. The van der Waals surface area contributed by atoms with Crippen LogP contribution in [-0.2, 0) is 16.0 Å². The van der Waals surface area contributed by atoms with E-state index in [1.54, 1.807) is 26.7 Å².